The van der Waals surface area contributed by atoms with E-state index in [-0.39, 0.29) is 0 Å². The van der Waals surface area contributed by atoms with Crippen LogP contribution in [0.4, 0.5) is 0 Å². The van der Waals surface area contributed by atoms with Crippen molar-refractivity contribution >= 4 is 0 Å². The van der Waals surface area contributed by atoms with Crippen molar-refractivity contribution in [1.82, 2.24) is 4.90 Å². The van der Waals surface area contributed by atoms with Gasteiger partial charge < -0.3 is 5.73 Å². The number of hydrogen-bond acceptors (Lipinski definition) is 2. The van der Waals surface area contributed by atoms with Gasteiger partial charge in [0, 0.05) is 24.7 Å². The van der Waals surface area contributed by atoms with Crippen molar-refractivity contribution < 1.29 is 0 Å². The zero-order valence-electron chi connectivity index (χ0n) is 12.9. The average molecular weight is 264 g/mol. The summed E-state index contributed by atoms with van der Waals surface area (Å²) in [5.74, 6) is 2.66. The standard InChI is InChI=1S/C17H32N2/c1-13(2)11-19(16-5-3-4-6-16)17(12-18)10-14-7-8-15(17)9-14/h13-16H,3-12,18H2,1-2H3. The summed E-state index contributed by atoms with van der Waals surface area (Å²) in [5, 5.41) is 0. The van der Waals surface area contributed by atoms with Gasteiger partial charge in [-0.3, -0.25) is 4.90 Å². The normalized spacial score (nSPS) is 39.0. The maximum Gasteiger partial charge on any atom is 0.0365 e. The van der Waals surface area contributed by atoms with Crippen LogP contribution in [0, 0.1) is 17.8 Å². The van der Waals surface area contributed by atoms with Gasteiger partial charge in [-0.2, -0.15) is 0 Å². The van der Waals surface area contributed by atoms with E-state index in [1.54, 1.807) is 0 Å². The molecule has 110 valence electrons. The van der Waals surface area contributed by atoms with E-state index in [4.69, 9.17) is 5.73 Å². The predicted octanol–water partition coefficient (Wildman–Crippen LogP) is 3.40. The Morgan fingerprint density at radius 3 is 2.37 bits per heavy atom. The summed E-state index contributed by atoms with van der Waals surface area (Å²) < 4.78 is 0. The smallest absolute Gasteiger partial charge is 0.0365 e. The Balaban J connectivity index is 1.83. The maximum atomic E-state index is 6.36. The van der Waals surface area contributed by atoms with Crippen molar-refractivity contribution in [3.05, 3.63) is 0 Å². The fourth-order valence-electron chi connectivity index (χ4n) is 5.44. The fourth-order valence-corrected chi connectivity index (χ4v) is 5.44. The fraction of sp³-hybridized carbons (Fsp3) is 1.00. The van der Waals surface area contributed by atoms with Gasteiger partial charge in [0.05, 0.1) is 0 Å². The molecule has 3 atom stereocenters. The molecule has 2 N–H and O–H groups in total. The molecule has 19 heavy (non-hydrogen) atoms. The number of nitrogens with zero attached hydrogens (tertiary/aromatic N) is 1. The van der Waals surface area contributed by atoms with Gasteiger partial charge in [0.25, 0.3) is 0 Å². The lowest BCUT2D eigenvalue weighted by atomic mass is 9.78. The molecule has 3 rings (SSSR count). The summed E-state index contributed by atoms with van der Waals surface area (Å²) in [4.78, 5) is 2.91. The third-order valence-electron chi connectivity index (χ3n) is 6.20. The van der Waals surface area contributed by atoms with Crippen molar-refractivity contribution in [2.75, 3.05) is 13.1 Å². The first kappa shape index (κ1) is 13.9. The number of nitrogens with two attached hydrogens (primary N) is 1. The summed E-state index contributed by atoms with van der Waals surface area (Å²) in [7, 11) is 0. The van der Waals surface area contributed by atoms with E-state index >= 15 is 0 Å². The Kier molecular flexibility index (Phi) is 3.92. The second-order valence-corrected chi connectivity index (χ2v) is 7.87. The van der Waals surface area contributed by atoms with Crippen LogP contribution in [0.1, 0.15) is 65.2 Å². The molecular weight excluding hydrogens is 232 g/mol. The monoisotopic (exact) mass is 264 g/mol. The van der Waals surface area contributed by atoms with Crippen LogP contribution in [0.2, 0.25) is 0 Å². The van der Waals surface area contributed by atoms with Gasteiger partial charge in [-0.1, -0.05) is 33.1 Å². The average Bonchev–Trinajstić information content (AvgIpc) is 3.11. The molecule has 3 fully saturated rings. The molecule has 2 bridgehead atoms. The Labute approximate surface area is 119 Å². The van der Waals surface area contributed by atoms with Crippen LogP contribution in [0.25, 0.3) is 0 Å². The number of hydrogen-bond donors (Lipinski definition) is 1. The second kappa shape index (κ2) is 5.37. The highest BCUT2D eigenvalue weighted by Gasteiger charge is 2.54. The van der Waals surface area contributed by atoms with Gasteiger partial charge in [0.2, 0.25) is 0 Å². The summed E-state index contributed by atoms with van der Waals surface area (Å²) >= 11 is 0. The Bertz CT molecular complexity index is 308. The quantitative estimate of drug-likeness (QED) is 0.824. The summed E-state index contributed by atoms with van der Waals surface area (Å²) in [6.45, 7) is 6.92. The van der Waals surface area contributed by atoms with Crippen molar-refractivity contribution in [3.63, 3.8) is 0 Å². The molecular formula is C17H32N2. The van der Waals surface area contributed by atoms with E-state index in [0.717, 1.165) is 30.3 Å². The highest BCUT2D eigenvalue weighted by atomic mass is 15.3. The summed E-state index contributed by atoms with van der Waals surface area (Å²) in [6, 6.07) is 0.838. The van der Waals surface area contributed by atoms with Gasteiger partial charge in [-0.25, -0.2) is 0 Å². The first-order valence-corrected chi connectivity index (χ1v) is 8.62. The minimum Gasteiger partial charge on any atom is -0.329 e. The van der Waals surface area contributed by atoms with E-state index < -0.39 is 0 Å². The number of fused-ring (bicyclic) bond motifs is 2. The van der Waals surface area contributed by atoms with Crippen LogP contribution in [-0.2, 0) is 0 Å². The zero-order valence-corrected chi connectivity index (χ0v) is 12.9. The summed E-state index contributed by atoms with van der Waals surface area (Å²) in [6.07, 6.45) is 11.5. The first-order chi connectivity index (χ1) is 9.15. The van der Waals surface area contributed by atoms with Gasteiger partial charge in [-0.15, -0.1) is 0 Å². The van der Waals surface area contributed by atoms with Crippen molar-refractivity contribution in [2.24, 2.45) is 23.5 Å². The predicted molar refractivity (Wildman–Crippen MR) is 81.0 cm³/mol. The third-order valence-corrected chi connectivity index (χ3v) is 6.20. The van der Waals surface area contributed by atoms with E-state index in [2.05, 4.69) is 18.7 Å². The van der Waals surface area contributed by atoms with Crippen LogP contribution in [-0.4, -0.2) is 29.6 Å². The molecule has 3 aliphatic carbocycles. The minimum atomic E-state index is 0.377. The van der Waals surface area contributed by atoms with Gasteiger partial charge in [0.15, 0.2) is 0 Å². The molecule has 0 aromatic carbocycles. The molecule has 3 unspecified atom stereocenters. The van der Waals surface area contributed by atoms with Crippen LogP contribution >= 0.6 is 0 Å². The molecule has 3 saturated carbocycles. The lowest BCUT2D eigenvalue weighted by molar-refractivity contribution is -0.00226. The second-order valence-electron chi connectivity index (χ2n) is 7.87. The molecule has 0 aliphatic heterocycles. The van der Waals surface area contributed by atoms with Crippen molar-refractivity contribution in [1.29, 1.82) is 0 Å². The molecule has 0 amide bonds. The Morgan fingerprint density at radius 1 is 1.16 bits per heavy atom. The molecule has 0 radical (unpaired) electrons. The van der Waals surface area contributed by atoms with Gasteiger partial charge >= 0.3 is 0 Å². The first-order valence-electron chi connectivity index (χ1n) is 8.62. The molecule has 3 aliphatic rings. The Hall–Kier alpha value is -0.0800. The Morgan fingerprint density at radius 2 is 1.89 bits per heavy atom. The van der Waals surface area contributed by atoms with Crippen LogP contribution < -0.4 is 5.73 Å². The van der Waals surface area contributed by atoms with Gasteiger partial charge in [0.1, 0.15) is 0 Å². The molecule has 2 nitrogen and oxygen atoms in total. The molecule has 0 heterocycles. The summed E-state index contributed by atoms with van der Waals surface area (Å²) in [5.41, 5.74) is 6.74. The number of rotatable bonds is 5. The molecule has 0 spiro atoms. The zero-order chi connectivity index (χ0) is 13.5. The van der Waals surface area contributed by atoms with Crippen molar-refractivity contribution in [2.45, 2.75) is 76.8 Å². The molecule has 2 heteroatoms. The molecule has 0 aromatic heterocycles. The third kappa shape index (κ3) is 2.35. The largest absolute Gasteiger partial charge is 0.329 e. The van der Waals surface area contributed by atoms with E-state index in [1.807, 2.05) is 0 Å². The van der Waals surface area contributed by atoms with Crippen LogP contribution in [0.15, 0.2) is 0 Å². The molecule has 0 saturated heterocycles. The van der Waals surface area contributed by atoms with E-state index in [1.165, 1.54) is 57.9 Å². The highest BCUT2D eigenvalue weighted by Crippen LogP contribution is 2.54. The highest BCUT2D eigenvalue weighted by molar-refractivity contribution is 5.09. The van der Waals surface area contributed by atoms with Gasteiger partial charge in [-0.05, 0) is 49.9 Å². The van der Waals surface area contributed by atoms with Crippen LogP contribution in [0.5, 0.6) is 0 Å². The lowest BCUT2D eigenvalue weighted by Crippen LogP contribution is -2.61. The van der Waals surface area contributed by atoms with E-state index in [9.17, 15) is 0 Å². The van der Waals surface area contributed by atoms with Crippen molar-refractivity contribution in [3.8, 4) is 0 Å². The van der Waals surface area contributed by atoms with E-state index in [0.29, 0.717) is 5.54 Å². The maximum absolute atomic E-state index is 6.36. The molecule has 0 aromatic rings. The topological polar surface area (TPSA) is 29.3 Å². The minimum absolute atomic E-state index is 0.377. The van der Waals surface area contributed by atoms with Crippen LogP contribution in [0.3, 0.4) is 0 Å². The lowest BCUT2D eigenvalue weighted by Gasteiger charge is -2.50. The SMILES string of the molecule is CC(C)CN(C1CCCC1)C1(CN)CC2CCC1C2.